The molecule has 0 saturated heterocycles. The first-order chi connectivity index (χ1) is 8.30. The molecule has 0 spiro atoms. The van der Waals surface area contributed by atoms with Crippen molar-refractivity contribution in [3.63, 3.8) is 0 Å². The zero-order valence-electron chi connectivity index (χ0n) is 10.9. The Balaban J connectivity index is 2.58. The summed E-state index contributed by atoms with van der Waals surface area (Å²) in [5.74, 6) is 0.450. The standard InChI is InChI=1S/C11H17ClN4OS/c1-11(2,3)16-9(17)6-13-8-5-7(12)14-10(15-8)18-4/h5H,6H2,1-4H3,(H,16,17)(H,13,14,15). The van der Waals surface area contributed by atoms with Crippen molar-refractivity contribution < 1.29 is 4.79 Å². The molecule has 0 radical (unpaired) electrons. The van der Waals surface area contributed by atoms with Crippen molar-refractivity contribution in [1.29, 1.82) is 0 Å². The fraction of sp³-hybridized carbons (Fsp3) is 0.545. The molecule has 5 nitrogen and oxygen atoms in total. The molecule has 1 amide bonds. The molecule has 0 aromatic carbocycles. The van der Waals surface area contributed by atoms with Gasteiger partial charge in [-0.1, -0.05) is 23.4 Å². The van der Waals surface area contributed by atoms with E-state index in [1.807, 2.05) is 27.0 Å². The van der Waals surface area contributed by atoms with Gasteiger partial charge in [-0.25, -0.2) is 9.97 Å². The highest BCUT2D eigenvalue weighted by atomic mass is 35.5. The lowest BCUT2D eigenvalue weighted by Crippen LogP contribution is -2.43. The Morgan fingerprint density at radius 3 is 2.67 bits per heavy atom. The van der Waals surface area contributed by atoms with E-state index in [1.54, 1.807) is 6.07 Å². The van der Waals surface area contributed by atoms with E-state index in [4.69, 9.17) is 11.6 Å². The topological polar surface area (TPSA) is 66.9 Å². The zero-order valence-corrected chi connectivity index (χ0v) is 12.4. The van der Waals surface area contributed by atoms with Crippen molar-refractivity contribution in [3.8, 4) is 0 Å². The molecule has 0 fully saturated rings. The number of rotatable bonds is 4. The number of nitrogens with zero attached hydrogens (tertiary/aromatic N) is 2. The number of thioether (sulfide) groups is 1. The predicted octanol–water partition coefficient (Wildman–Crippen LogP) is 2.18. The summed E-state index contributed by atoms with van der Waals surface area (Å²) in [4.78, 5) is 19.8. The molecule has 1 aromatic rings. The SMILES string of the molecule is CSc1nc(Cl)cc(NCC(=O)NC(C)(C)C)n1. The van der Waals surface area contributed by atoms with Crippen LogP contribution in [0.1, 0.15) is 20.8 Å². The molecule has 0 aliphatic carbocycles. The number of halogens is 1. The Hall–Kier alpha value is -1.01. The second-order valence-electron chi connectivity index (χ2n) is 4.71. The maximum atomic E-state index is 11.6. The van der Waals surface area contributed by atoms with Crippen molar-refractivity contribution in [2.45, 2.75) is 31.5 Å². The summed E-state index contributed by atoms with van der Waals surface area (Å²) in [5.41, 5.74) is -0.244. The smallest absolute Gasteiger partial charge is 0.239 e. The van der Waals surface area contributed by atoms with Crippen molar-refractivity contribution in [1.82, 2.24) is 15.3 Å². The van der Waals surface area contributed by atoms with Crippen LogP contribution in [0.5, 0.6) is 0 Å². The van der Waals surface area contributed by atoms with E-state index in [9.17, 15) is 4.79 Å². The Kier molecular flexibility index (Phi) is 5.22. The number of carbonyl (C=O) groups is 1. The monoisotopic (exact) mass is 288 g/mol. The van der Waals surface area contributed by atoms with E-state index in [-0.39, 0.29) is 18.0 Å². The average Bonchev–Trinajstić information content (AvgIpc) is 2.23. The van der Waals surface area contributed by atoms with Gasteiger partial charge in [0.1, 0.15) is 11.0 Å². The maximum Gasteiger partial charge on any atom is 0.239 e. The van der Waals surface area contributed by atoms with Gasteiger partial charge in [-0.15, -0.1) is 0 Å². The molecular formula is C11H17ClN4OS. The molecule has 100 valence electrons. The first kappa shape index (κ1) is 15.0. The van der Waals surface area contributed by atoms with Crippen LogP contribution in [-0.2, 0) is 4.79 Å². The summed E-state index contributed by atoms with van der Waals surface area (Å²) >= 11 is 7.24. The number of hydrogen-bond donors (Lipinski definition) is 2. The third kappa shape index (κ3) is 5.55. The summed E-state index contributed by atoms with van der Waals surface area (Å²) in [6, 6.07) is 1.59. The molecular weight excluding hydrogens is 272 g/mol. The fourth-order valence-electron chi connectivity index (χ4n) is 1.21. The van der Waals surface area contributed by atoms with E-state index in [2.05, 4.69) is 20.6 Å². The van der Waals surface area contributed by atoms with Gasteiger partial charge < -0.3 is 10.6 Å². The van der Waals surface area contributed by atoms with Crippen molar-refractivity contribution in [3.05, 3.63) is 11.2 Å². The quantitative estimate of drug-likeness (QED) is 0.505. The fourth-order valence-corrected chi connectivity index (χ4v) is 1.82. The lowest BCUT2D eigenvalue weighted by molar-refractivity contribution is -0.120. The van der Waals surface area contributed by atoms with Crippen LogP contribution >= 0.6 is 23.4 Å². The molecule has 2 N–H and O–H groups in total. The Morgan fingerprint density at radius 2 is 2.11 bits per heavy atom. The number of nitrogens with one attached hydrogen (secondary N) is 2. The number of aromatic nitrogens is 2. The first-order valence-corrected chi connectivity index (χ1v) is 7.04. The molecule has 1 heterocycles. The summed E-state index contributed by atoms with van der Waals surface area (Å²) in [6.07, 6.45) is 1.86. The molecule has 1 aromatic heterocycles. The third-order valence-electron chi connectivity index (χ3n) is 1.80. The Labute approximate surface area is 116 Å². The van der Waals surface area contributed by atoms with E-state index in [1.165, 1.54) is 11.8 Å². The van der Waals surface area contributed by atoms with Gasteiger partial charge in [-0.05, 0) is 27.0 Å². The summed E-state index contributed by atoms with van der Waals surface area (Å²) in [6.45, 7) is 5.94. The summed E-state index contributed by atoms with van der Waals surface area (Å²) in [7, 11) is 0. The van der Waals surface area contributed by atoms with Crippen LogP contribution in [-0.4, -0.2) is 34.2 Å². The van der Waals surface area contributed by atoms with E-state index in [0.29, 0.717) is 16.1 Å². The van der Waals surface area contributed by atoms with Gasteiger partial charge in [0, 0.05) is 11.6 Å². The molecule has 7 heteroatoms. The Bertz CT molecular complexity index is 434. The predicted molar refractivity (Wildman–Crippen MR) is 75.2 cm³/mol. The highest BCUT2D eigenvalue weighted by molar-refractivity contribution is 7.98. The van der Waals surface area contributed by atoms with E-state index in [0.717, 1.165) is 0 Å². The van der Waals surface area contributed by atoms with Gasteiger partial charge >= 0.3 is 0 Å². The second-order valence-corrected chi connectivity index (χ2v) is 5.87. The number of hydrogen-bond acceptors (Lipinski definition) is 5. The van der Waals surface area contributed by atoms with Crippen LogP contribution in [0, 0.1) is 0 Å². The second kappa shape index (κ2) is 6.24. The van der Waals surface area contributed by atoms with Gasteiger partial charge in [-0.3, -0.25) is 4.79 Å². The van der Waals surface area contributed by atoms with Crippen molar-refractivity contribution >= 4 is 35.1 Å². The van der Waals surface area contributed by atoms with Crippen LogP contribution in [0.25, 0.3) is 0 Å². The van der Waals surface area contributed by atoms with E-state index >= 15 is 0 Å². The lowest BCUT2D eigenvalue weighted by Gasteiger charge is -2.20. The molecule has 1 rings (SSSR count). The summed E-state index contributed by atoms with van der Waals surface area (Å²) in [5, 5.41) is 6.70. The minimum Gasteiger partial charge on any atom is -0.361 e. The van der Waals surface area contributed by atoms with Gasteiger partial charge in [0.2, 0.25) is 5.91 Å². The maximum absolute atomic E-state index is 11.6. The van der Waals surface area contributed by atoms with Gasteiger partial charge in [0.15, 0.2) is 5.16 Å². The molecule has 0 atom stereocenters. The van der Waals surface area contributed by atoms with Crippen molar-refractivity contribution in [2.75, 3.05) is 18.1 Å². The highest BCUT2D eigenvalue weighted by Gasteiger charge is 2.13. The number of amides is 1. The largest absolute Gasteiger partial charge is 0.361 e. The molecule has 0 aliphatic heterocycles. The zero-order chi connectivity index (χ0) is 13.8. The number of carbonyl (C=O) groups excluding carboxylic acids is 1. The lowest BCUT2D eigenvalue weighted by atomic mass is 10.1. The van der Waals surface area contributed by atoms with Gasteiger partial charge in [0.25, 0.3) is 0 Å². The van der Waals surface area contributed by atoms with Crippen LogP contribution in [0.2, 0.25) is 5.15 Å². The van der Waals surface area contributed by atoms with E-state index < -0.39 is 0 Å². The third-order valence-corrected chi connectivity index (χ3v) is 2.54. The molecule has 0 bridgehead atoms. The molecule has 0 aliphatic rings. The van der Waals surface area contributed by atoms with Crippen LogP contribution in [0.4, 0.5) is 5.82 Å². The van der Waals surface area contributed by atoms with Crippen LogP contribution in [0.3, 0.4) is 0 Å². The Morgan fingerprint density at radius 1 is 1.44 bits per heavy atom. The molecule has 0 saturated carbocycles. The average molecular weight is 289 g/mol. The normalized spacial score (nSPS) is 11.2. The van der Waals surface area contributed by atoms with Crippen LogP contribution in [0.15, 0.2) is 11.2 Å². The molecule has 18 heavy (non-hydrogen) atoms. The van der Waals surface area contributed by atoms with Crippen molar-refractivity contribution in [2.24, 2.45) is 0 Å². The van der Waals surface area contributed by atoms with Crippen LogP contribution < -0.4 is 10.6 Å². The number of anilines is 1. The minimum absolute atomic E-state index is 0.0945. The first-order valence-electron chi connectivity index (χ1n) is 5.43. The van der Waals surface area contributed by atoms with Gasteiger partial charge in [-0.2, -0.15) is 0 Å². The summed E-state index contributed by atoms with van der Waals surface area (Å²) < 4.78 is 0. The molecule has 0 unspecified atom stereocenters. The van der Waals surface area contributed by atoms with Gasteiger partial charge in [0.05, 0.1) is 6.54 Å². The highest BCUT2D eigenvalue weighted by Crippen LogP contribution is 2.16. The minimum atomic E-state index is -0.244.